The van der Waals surface area contributed by atoms with Crippen LogP contribution in [0.1, 0.15) is 51.9 Å². The summed E-state index contributed by atoms with van der Waals surface area (Å²) in [6, 6.07) is 0. The SMILES string of the molecule is C=[C]([C@H]1[C@H](O)C(=O)O[C@@H]1CCCCCCCC)[Sn]([CH3])([CH3])[CH3]. The predicted molar refractivity (Wildman–Crippen MR) is 89.9 cm³/mol. The second kappa shape index (κ2) is 8.56. The maximum atomic E-state index is 11.7. The second-order valence-corrected chi connectivity index (χ2v) is 22.0. The van der Waals surface area contributed by atoms with Crippen molar-refractivity contribution in [1.29, 1.82) is 0 Å². The standard InChI is InChI=1S/C14H23O3.3CH3.Sn/c1-3-5-6-7-8-9-10-12-11(4-2)13(15)14(16)17-12;;;;/h11-13,15H,2-3,5-10H2,1H3;3*1H3;/t11-,12-,13+;;;;/m1..../s1. The van der Waals surface area contributed by atoms with Crippen LogP contribution in [-0.2, 0) is 9.53 Å². The zero-order valence-corrected chi connectivity index (χ0v) is 17.0. The molecule has 1 fully saturated rings. The fourth-order valence-electron chi connectivity index (χ4n) is 2.92. The number of hydrogen-bond acceptors (Lipinski definition) is 3. The zero-order chi connectivity index (χ0) is 16.0. The van der Waals surface area contributed by atoms with Crippen LogP contribution in [0.5, 0.6) is 0 Å². The van der Waals surface area contributed by atoms with Crippen molar-refractivity contribution < 1.29 is 14.6 Å². The molecular weight excluding hydrogens is 371 g/mol. The van der Waals surface area contributed by atoms with Gasteiger partial charge in [-0.15, -0.1) is 0 Å². The number of rotatable bonds is 9. The minimum absolute atomic E-state index is 0.151. The quantitative estimate of drug-likeness (QED) is 0.359. The Morgan fingerprint density at radius 2 is 1.76 bits per heavy atom. The molecule has 0 spiro atoms. The van der Waals surface area contributed by atoms with Gasteiger partial charge in [0, 0.05) is 0 Å². The maximum absolute atomic E-state index is 11.7. The summed E-state index contributed by atoms with van der Waals surface area (Å²) in [5.41, 5.74) is 0. The Morgan fingerprint density at radius 1 is 1.19 bits per heavy atom. The van der Waals surface area contributed by atoms with E-state index in [4.69, 9.17) is 4.74 Å². The molecule has 0 amide bonds. The van der Waals surface area contributed by atoms with E-state index in [1.165, 1.54) is 32.1 Å². The van der Waals surface area contributed by atoms with Crippen LogP contribution in [0.15, 0.2) is 10.2 Å². The second-order valence-electron chi connectivity index (χ2n) is 7.28. The molecule has 4 heteroatoms. The molecule has 0 aromatic heterocycles. The van der Waals surface area contributed by atoms with Crippen LogP contribution in [0.4, 0.5) is 0 Å². The molecule has 3 nitrogen and oxygen atoms in total. The zero-order valence-electron chi connectivity index (χ0n) is 14.2. The molecule has 0 aromatic carbocycles. The van der Waals surface area contributed by atoms with Crippen LogP contribution in [0, 0.1) is 5.92 Å². The van der Waals surface area contributed by atoms with Crippen LogP contribution < -0.4 is 0 Å². The van der Waals surface area contributed by atoms with Crippen molar-refractivity contribution >= 4 is 24.3 Å². The molecule has 0 bridgehead atoms. The van der Waals surface area contributed by atoms with E-state index in [-0.39, 0.29) is 12.0 Å². The Hall–Kier alpha value is -0.0313. The number of cyclic esters (lactones) is 1. The van der Waals surface area contributed by atoms with Crippen LogP contribution >= 0.6 is 0 Å². The van der Waals surface area contributed by atoms with E-state index in [2.05, 4.69) is 28.3 Å². The molecule has 0 aromatic rings. The number of unbranched alkanes of at least 4 members (excludes halogenated alkanes) is 5. The van der Waals surface area contributed by atoms with Crippen molar-refractivity contribution in [2.24, 2.45) is 5.92 Å². The predicted octanol–water partition coefficient (Wildman–Crippen LogP) is 4.07. The number of hydrogen-bond donors (Lipinski definition) is 1. The topological polar surface area (TPSA) is 46.5 Å². The van der Waals surface area contributed by atoms with Gasteiger partial charge in [0.25, 0.3) is 0 Å². The van der Waals surface area contributed by atoms with E-state index in [0.717, 1.165) is 16.4 Å². The van der Waals surface area contributed by atoms with E-state index in [9.17, 15) is 9.90 Å². The summed E-state index contributed by atoms with van der Waals surface area (Å²) in [6.07, 6.45) is 7.07. The molecule has 1 rings (SSSR count). The van der Waals surface area contributed by atoms with Gasteiger partial charge in [0.05, 0.1) is 0 Å². The van der Waals surface area contributed by atoms with E-state index < -0.39 is 30.5 Å². The molecule has 3 atom stereocenters. The summed E-state index contributed by atoms with van der Waals surface area (Å²) >= 11 is -2.34. The Labute approximate surface area is 134 Å². The van der Waals surface area contributed by atoms with E-state index in [1.807, 2.05) is 0 Å². The van der Waals surface area contributed by atoms with E-state index in [1.54, 1.807) is 0 Å². The van der Waals surface area contributed by atoms with Crippen molar-refractivity contribution in [2.45, 2.75) is 78.9 Å². The first-order chi connectivity index (χ1) is 9.79. The van der Waals surface area contributed by atoms with Gasteiger partial charge in [-0.1, -0.05) is 0 Å². The fraction of sp³-hybridized carbons (Fsp3) is 0.824. The third-order valence-electron chi connectivity index (χ3n) is 4.46. The van der Waals surface area contributed by atoms with Gasteiger partial charge in [-0.3, -0.25) is 0 Å². The van der Waals surface area contributed by atoms with Gasteiger partial charge in [-0.2, -0.15) is 0 Å². The molecular formula is C17H32O3Sn. The molecule has 21 heavy (non-hydrogen) atoms. The molecule has 0 saturated carbocycles. The molecule has 0 unspecified atom stereocenters. The molecule has 0 aliphatic carbocycles. The summed E-state index contributed by atoms with van der Waals surface area (Å²) < 4.78 is 6.54. The monoisotopic (exact) mass is 404 g/mol. The van der Waals surface area contributed by atoms with Gasteiger partial charge < -0.3 is 0 Å². The van der Waals surface area contributed by atoms with Gasteiger partial charge in [0.15, 0.2) is 0 Å². The van der Waals surface area contributed by atoms with Gasteiger partial charge in [0.2, 0.25) is 0 Å². The number of ether oxygens (including phenoxy) is 1. The Bertz CT molecular complexity index is 360. The fourth-order valence-corrected chi connectivity index (χ4v) is 6.76. The summed E-state index contributed by atoms with van der Waals surface area (Å²) in [5.74, 6) is -0.614. The summed E-state index contributed by atoms with van der Waals surface area (Å²) in [5, 5.41) is 10.1. The van der Waals surface area contributed by atoms with Crippen molar-refractivity contribution in [2.75, 3.05) is 0 Å². The molecule has 1 aliphatic rings. The Balaban J connectivity index is 2.51. The average molecular weight is 403 g/mol. The molecule has 1 heterocycles. The molecule has 1 N–H and O–H groups in total. The van der Waals surface area contributed by atoms with Crippen LogP contribution in [0.3, 0.4) is 0 Å². The van der Waals surface area contributed by atoms with Crippen molar-refractivity contribution in [3.05, 3.63) is 10.2 Å². The molecule has 122 valence electrons. The first kappa shape index (κ1) is 19.0. The number of aliphatic hydroxyl groups excluding tert-OH is 1. The molecule has 0 radical (unpaired) electrons. The van der Waals surface area contributed by atoms with Crippen LogP contribution in [-0.4, -0.2) is 41.7 Å². The summed E-state index contributed by atoms with van der Waals surface area (Å²) in [7, 11) is 0. The Kier molecular flexibility index (Phi) is 7.75. The first-order valence-corrected chi connectivity index (χ1v) is 18.4. The summed E-state index contributed by atoms with van der Waals surface area (Å²) in [6.45, 7) is 6.43. The Morgan fingerprint density at radius 3 is 2.33 bits per heavy atom. The third kappa shape index (κ3) is 5.59. The van der Waals surface area contributed by atoms with Crippen LogP contribution in [0.25, 0.3) is 0 Å². The van der Waals surface area contributed by atoms with E-state index in [0.29, 0.717) is 0 Å². The first-order valence-electron chi connectivity index (χ1n) is 8.37. The normalized spacial score (nSPS) is 26.0. The van der Waals surface area contributed by atoms with Crippen molar-refractivity contribution in [3.8, 4) is 0 Å². The number of esters is 1. The summed E-state index contributed by atoms with van der Waals surface area (Å²) in [4.78, 5) is 18.5. The van der Waals surface area contributed by atoms with Crippen molar-refractivity contribution in [1.82, 2.24) is 0 Å². The molecule has 1 aliphatic heterocycles. The van der Waals surface area contributed by atoms with Gasteiger partial charge in [-0.25, -0.2) is 0 Å². The van der Waals surface area contributed by atoms with Gasteiger partial charge in [0.1, 0.15) is 0 Å². The minimum atomic E-state index is -2.34. The third-order valence-corrected chi connectivity index (χ3v) is 10.9. The number of carbonyl (C=O) groups is 1. The number of aliphatic hydroxyl groups is 1. The molecule has 1 saturated heterocycles. The van der Waals surface area contributed by atoms with Gasteiger partial charge >= 0.3 is 134 Å². The number of carbonyl (C=O) groups excluding carboxylic acids is 1. The van der Waals surface area contributed by atoms with E-state index >= 15 is 0 Å². The van der Waals surface area contributed by atoms with Crippen LogP contribution in [0.2, 0.25) is 14.8 Å². The van der Waals surface area contributed by atoms with Crippen molar-refractivity contribution in [3.63, 3.8) is 0 Å². The van der Waals surface area contributed by atoms with Gasteiger partial charge in [-0.05, 0) is 0 Å². The average Bonchev–Trinajstić information content (AvgIpc) is 2.67.